The summed E-state index contributed by atoms with van der Waals surface area (Å²) in [5.41, 5.74) is 0.919. The molecule has 28 heavy (non-hydrogen) atoms. The molecule has 0 radical (unpaired) electrons. The highest BCUT2D eigenvalue weighted by Crippen LogP contribution is 2.36. The second-order valence-corrected chi connectivity index (χ2v) is 7.08. The van der Waals surface area contributed by atoms with Crippen molar-refractivity contribution in [2.24, 2.45) is 0 Å². The monoisotopic (exact) mass is 387 g/mol. The van der Waals surface area contributed by atoms with E-state index in [9.17, 15) is 13.2 Å². The number of halogens is 3. The van der Waals surface area contributed by atoms with Gasteiger partial charge in [0.15, 0.2) is 0 Å². The van der Waals surface area contributed by atoms with Crippen LogP contribution < -0.4 is 4.74 Å². The van der Waals surface area contributed by atoms with Crippen LogP contribution in [0.1, 0.15) is 18.4 Å². The highest BCUT2D eigenvalue weighted by molar-refractivity contribution is 5.92. The van der Waals surface area contributed by atoms with Gasteiger partial charge >= 0.3 is 6.18 Å². The molecule has 4 rings (SSSR count). The van der Waals surface area contributed by atoms with E-state index < -0.39 is 11.7 Å². The number of piperidine rings is 1. The van der Waals surface area contributed by atoms with Gasteiger partial charge in [0.2, 0.25) is 5.88 Å². The van der Waals surface area contributed by atoms with E-state index in [0.29, 0.717) is 22.5 Å². The Hall–Kier alpha value is -2.67. The highest BCUT2D eigenvalue weighted by atomic mass is 19.4. The summed E-state index contributed by atoms with van der Waals surface area (Å²) in [6.07, 6.45) is -1.24. The van der Waals surface area contributed by atoms with Gasteiger partial charge in [0, 0.05) is 18.7 Å². The van der Waals surface area contributed by atoms with Gasteiger partial charge in [-0.3, -0.25) is 0 Å². The third-order valence-corrected chi connectivity index (χ3v) is 4.99. The molecule has 0 N–H and O–H groups in total. The first-order valence-electron chi connectivity index (χ1n) is 9.19. The molecule has 1 saturated heterocycles. The van der Waals surface area contributed by atoms with Crippen LogP contribution in [0.2, 0.25) is 0 Å². The Kier molecular flexibility index (Phi) is 4.93. The fourth-order valence-electron chi connectivity index (χ4n) is 3.43. The summed E-state index contributed by atoms with van der Waals surface area (Å²) in [5, 5.41) is 0. The third kappa shape index (κ3) is 3.94. The molecule has 1 aliphatic heterocycles. The zero-order valence-electron chi connectivity index (χ0n) is 15.4. The number of ether oxygens (including phenoxy) is 1. The number of nitrogens with zero attached hydrogens (tertiary/aromatic N) is 3. The summed E-state index contributed by atoms with van der Waals surface area (Å²) >= 11 is 0. The Morgan fingerprint density at radius 3 is 2.46 bits per heavy atom. The van der Waals surface area contributed by atoms with Crippen molar-refractivity contribution in [2.45, 2.75) is 25.1 Å². The Morgan fingerprint density at radius 2 is 1.79 bits per heavy atom. The lowest BCUT2D eigenvalue weighted by Gasteiger charge is -2.28. The first-order chi connectivity index (χ1) is 13.4. The molecule has 0 unspecified atom stereocenters. The van der Waals surface area contributed by atoms with Gasteiger partial charge in [-0.1, -0.05) is 30.3 Å². The van der Waals surface area contributed by atoms with Crippen LogP contribution in [-0.2, 0) is 6.18 Å². The smallest absolute Gasteiger partial charge is 0.416 e. The van der Waals surface area contributed by atoms with E-state index >= 15 is 0 Å². The minimum Gasteiger partial charge on any atom is -0.473 e. The van der Waals surface area contributed by atoms with Crippen molar-refractivity contribution < 1.29 is 17.9 Å². The molecule has 0 bridgehead atoms. The van der Waals surface area contributed by atoms with Crippen molar-refractivity contribution in [3.63, 3.8) is 0 Å². The number of hydrogen-bond acceptors (Lipinski definition) is 4. The summed E-state index contributed by atoms with van der Waals surface area (Å²) in [4.78, 5) is 11.0. The Bertz CT molecular complexity index is 968. The van der Waals surface area contributed by atoms with E-state index in [1.807, 2.05) is 6.07 Å². The SMILES string of the molecule is CN1CCC(Oc2cnc3cc(C(F)(F)F)cc(-c4ccccc4)c3n2)CC1. The van der Waals surface area contributed by atoms with Gasteiger partial charge in [-0.15, -0.1) is 0 Å². The zero-order chi connectivity index (χ0) is 19.7. The lowest BCUT2D eigenvalue weighted by atomic mass is 10.0. The molecule has 1 fully saturated rings. The molecule has 0 spiro atoms. The molecule has 0 aliphatic carbocycles. The summed E-state index contributed by atoms with van der Waals surface area (Å²) in [7, 11) is 2.07. The lowest BCUT2D eigenvalue weighted by molar-refractivity contribution is -0.137. The number of hydrogen-bond donors (Lipinski definition) is 0. The van der Waals surface area contributed by atoms with Gasteiger partial charge < -0.3 is 9.64 Å². The van der Waals surface area contributed by atoms with Crippen LogP contribution in [-0.4, -0.2) is 41.1 Å². The molecule has 3 aromatic rings. The molecular formula is C21H20F3N3O. The van der Waals surface area contributed by atoms with E-state index in [-0.39, 0.29) is 11.6 Å². The first-order valence-corrected chi connectivity index (χ1v) is 9.19. The van der Waals surface area contributed by atoms with Gasteiger partial charge in [0.05, 0.1) is 17.3 Å². The van der Waals surface area contributed by atoms with Gasteiger partial charge in [-0.05, 0) is 37.6 Å². The second kappa shape index (κ2) is 7.39. The number of rotatable bonds is 3. The van der Waals surface area contributed by atoms with Crippen LogP contribution in [0.15, 0.2) is 48.7 Å². The van der Waals surface area contributed by atoms with Crippen molar-refractivity contribution >= 4 is 11.0 Å². The van der Waals surface area contributed by atoms with Crippen LogP contribution in [0.5, 0.6) is 5.88 Å². The first kappa shape index (κ1) is 18.7. The number of fused-ring (bicyclic) bond motifs is 1. The van der Waals surface area contributed by atoms with E-state index in [0.717, 1.165) is 38.1 Å². The lowest BCUT2D eigenvalue weighted by Crippen LogP contribution is -2.35. The van der Waals surface area contributed by atoms with Gasteiger partial charge in [0.25, 0.3) is 0 Å². The predicted molar refractivity (Wildman–Crippen MR) is 101 cm³/mol. The number of aromatic nitrogens is 2. The van der Waals surface area contributed by atoms with Crippen molar-refractivity contribution in [3.8, 4) is 17.0 Å². The molecule has 7 heteroatoms. The van der Waals surface area contributed by atoms with E-state index in [4.69, 9.17) is 4.74 Å². The molecule has 146 valence electrons. The van der Waals surface area contributed by atoms with E-state index in [1.165, 1.54) is 6.20 Å². The van der Waals surface area contributed by atoms with E-state index in [2.05, 4.69) is 21.9 Å². The normalized spacial score (nSPS) is 16.4. The van der Waals surface area contributed by atoms with Crippen molar-refractivity contribution in [3.05, 3.63) is 54.2 Å². The molecular weight excluding hydrogens is 367 g/mol. The average Bonchev–Trinajstić information content (AvgIpc) is 2.69. The van der Waals surface area contributed by atoms with Gasteiger partial charge in [0.1, 0.15) is 11.6 Å². The quantitative estimate of drug-likeness (QED) is 0.648. The van der Waals surface area contributed by atoms with Crippen LogP contribution in [0, 0.1) is 0 Å². The molecule has 2 aromatic carbocycles. The van der Waals surface area contributed by atoms with E-state index in [1.54, 1.807) is 24.3 Å². The predicted octanol–water partition coefficient (Wildman–Crippen LogP) is 4.79. The topological polar surface area (TPSA) is 38.2 Å². The van der Waals surface area contributed by atoms with Crippen LogP contribution in [0.25, 0.3) is 22.2 Å². The maximum Gasteiger partial charge on any atom is 0.416 e. The zero-order valence-corrected chi connectivity index (χ0v) is 15.4. The fourth-order valence-corrected chi connectivity index (χ4v) is 3.43. The summed E-state index contributed by atoms with van der Waals surface area (Å²) < 4.78 is 46.0. The molecule has 0 amide bonds. The molecule has 2 heterocycles. The number of benzene rings is 2. The number of alkyl halides is 3. The Labute approximate surface area is 161 Å². The summed E-state index contributed by atoms with van der Waals surface area (Å²) in [6, 6.07) is 11.1. The van der Waals surface area contributed by atoms with Crippen LogP contribution >= 0.6 is 0 Å². The molecule has 0 saturated carbocycles. The van der Waals surface area contributed by atoms with Crippen molar-refractivity contribution in [1.82, 2.24) is 14.9 Å². The summed E-state index contributed by atoms with van der Waals surface area (Å²) in [6.45, 7) is 1.88. The molecule has 0 atom stereocenters. The number of likely N-dealkylation sites (tertiary alicyclic amines) is 1. The van der Waals surface area contributed by atoms with Crippen molar-refractivity contribution in [1.29, 1.82) is 0 Å². The fraction of sp³-hybridized carbons (Fsp3) is 0.333. The summed E-state index contributed by atoms with van der Waals surface area (Å²) in [5.74, 6) is 0.346. The third-order valence-electron chi connectivity index (χ3n) is 4.99. The standard InChI is InChI=1S/C21H20F3N3O/c1-27-9-7-16(8-10-27)28-19-13-25-18-12-15(21(22,23)24)11-17(20(18)26-19)14-5-3-2-4-6-14/h2-6,11-13,16H,7-10H2,1H3. The minimum atomic E-state index is -4.46. The minimum absolute atomic E-state index is 0.0394. The molecule has 4 nitrogen and oxygen atoms in total. The Morgan fingerprint density at radius 1 is 1.07 bits per heavy atom. The molecule has 1 aliphatic rings. The van der Waals surface area contributed by atoms with Gasteiger partial charge in [-0.2, -0.15) is 13.2 Å². The molecule has 1 aromatic heterocycles. The second-order valence-electron chi connectivity index (χ2n) is 7.08. The largest absolute Gasteiger partial charge is 0.473 e. The maximum atomic E-state index is 13.4. The van der Waals surface area contributed by atoms with Crippen LogP contribution in [0.4, 0.5) is 13.2 Å². The maximum absolute atomic E-state index is 13.4. The Balaban J connectivity index is 1.76. The highest BCUT2D eigenvalue weighted by Gasteiger charge is 2.32. The van der Waals surface area contributed by atoms with Crippen molar-refractivity contribution in [2.75, 3.05) is 20.1 Å². The van der Waals surface area contributed by atoms with Crippen LogP contribution in [0.3, 0.4) is 0 Å². The van der Waals surface area contributed by atoms with Gasteiger partial charge in [-0.25, -0.2) is 9.97 Å². The average molecular weight is 387 g/mol.